The number of thiocarbonyl (C=S) groups is 1. The van der Waals surface area contributed by atoms with E-state index in [-0.39, 0.29) is 5.11 Å². The van der Waals surface area contributed by atoms with Gasteiger partial charge in [-0.2, -0.15) is 0 Å². The van der Waals surface area contributed by atoms with E-state index >= 15 is 0 Å². The molecule has 0 fully saturated rings. The van der Waals surface area contributed by atoms with Crippen LogP contribution in [0.25, 0.3) is 0 Å². The number of nitrogens with two attached hydrogens (primary N) is 1. The van der Waals surface area contributed by atoms with Gasteiger partial charge in [-0.3, -0.25) is 0 Å². The zero-order chi connectivity index (χ0) is 11.4. The zero-order valence-corrected chi connectivity index (χ0v) is 10.1. The Morgan fingerprint density at radius 2 is 1.87 bits per heavy atom. The second-order valence-electron chi connectivity index (χ2n) is 2.71. The van der Waals surface area contributed by atoms with Crippen LogP contribution in [-0.4, -0.2) is 19.3 Å². The van der Waals surface area contributed by atoms with E-state index in [4.69, 9.17) is 27.4 Å². The summed E-state index contributed by atoms with van der Waals surface area (Å²) >= 11 is 9.01. The number of hydrogen-bond donors (Lipinski definition) is 3. The lowest BCUT2D eigenvalue weighted by Crippen LogP contribution is -2.19. The molecule has 15 heavy (non-hydrogen) atoms. The molecule has 1 rings (SSSR count). The molecule has 0 unspecified atom stereocenters. The van der Waals surface area contributed by atoms with Crippen LogP contribution in [0.4, 0.5) is 5.69 Å². The maximum atomic E-state index is 5.37. The molecule has 0 aliphatic rings. The molecule has 0 aromatic heterocycles. The van der Waals surface area contributed by atoms with Gasteiger partial charge in [0.05, 0.1) is 19.9 Å². The first-order chi connectivity index (χ1) is 7.08. The van der Waals surface area contributed by atoms with E-state index in [1.807, 2.05) is 0 Å². The molecule has 4 nitrogen and oxygen atoms in total. The fraction of sp³-hybridized carbons (Fsp3) is 0.222. The summed E-state index contributed by atoms with van der Waals surface area (Å²) in [4.78, 5) is 0.681. The molecule has 0 saturated heterocycles. The molecule has 0 spiro atoms. The third-order valence-electron chi connectivity index (χ3n) is 1.76. The molecule has 0 bridgehead atoms. The fourth-order valence-corrected chi connectivity index (χ4v) is 1.45. The Labute approximate surface area is 99.2 Å². The van der Waals surface area contributed by atoms with Gasteiger partial charge in [0.25, 0.3) is 0 Å². The van der Waals surface area contributed by atoms with E-state index in [9.17, 15) is 0 Å². The SMILES string of the molecule is COc1cc(S)c(NC(N)=S)cc1OC. The van der Waals surface area contributed by atoms with Crippen molar-refractivity contribution in [1.29, 1.82) is 0 Å². The van der Waals surface area contributed by atoms with Crippen LogP contribution in [0.1, 0.15) is 0 Å². The van der Waals surface area contributed by atoms with Gasteiger partial charge in [0.15, 0.2) is 16.6 Å². The number of anilines is 1. The van der Waals surface area contributed by atoms with E-state index in [2.05, 4.69) is 17.9 Å². The highest BCUT2D eigenvalue weighted by molar-refractivity contribution is 7.81. The molecule has 0 amide bonds. The van der Waals surface area contributed by atoms with Crippen molar-refractivity contribution in [3.05, 3.63) is 12.1 Å². The molecule has 0 aliphatic carbocycles. The topological polar surface area (TPSA) is 56.5 Å². The van der Waals surface area contributed by atoms with Crippen LogP contribution in [0.3, 0.4) is 0 Å². The average Bonchev–Trinajstić information content (AvgIpc) is 2.19. The number of rotatable bonds is 3. The predicted molar refractivity (Wildman–Crippen MR) is 67.2 cm³/mol. The Bertz CT molecular complexity index is 383. The normalized spacial score (nSPS) is 9.53. The lowest BCUT2D eigenvalue weighted by atomic mass is 10.2. The maximum absolute atomic E-state index is 5.37. The van der Waals surface area contributed by atoms with E-state index in [1.54, 1.807) is 26.4 Å². The van der Waals surface area contributed by atoms with Crippen molar-refractivity contribution in [3.63, 3.8) is 0 Å². The standard InChI is InChI=1S/C9H12N2O2S2/c1-12-6-3-5(11-9(10)15)8(14)4-7(6)13-2/h3-4,14H,1-2H3,(H3,10,11,15). The Balaban J connectivity index is 3.13. The Hall–Kier alpha value is -1.14. The summed E-state index contributed by atoms with van der Waals surface area (Å²) in [5, 5.41) is 2.97. The van der Waals surface area contributed by atoms with Gasteiger partial charge in [0.1, 0.15) is 0 Å². The lowest BCUT2D eigenvalue weighted by Gasteiger charge is -2.12. The Kier molecular flexibility index (Phi) is 4.05. The van der Waals surface area contributed by atoms with Gasteiger partial charge < -0.3 is 20.5 Å². The van der Waals surface area contributed by atoms with Crippen LogP contribution in [0.15, 0.2) is 17.0 Å². The van der Waals surface area contributed by atoms with Crippen LogP contribution in [0.2, 0.25) is 0 Å². The number of benzene rings is 1. The van der Waals surface area contributed by atoms with Crippen molar-refractivity contribution in [1.82, 2.24) is 0 Å². The van der Waals surface area contributed by atoms with Crippen LogP contribution in [0, 0.1) is 0 Å². The number of nitrogens with one attached hydrogen (secondary N) is 1. The van der Waals surface area contributed by atoms with Gasteiger partial charge in [0, 0.05) is 11.0 Å². The summed E-state index contributed by atoms with van der Waals surface area (Å²) in [5.41, 5.74) is 6.05. The number of ether oxygens (including phenoxy) is 2. The summed E-state index contributed by atoms with van der Waals surface area (Å²) in [6.45, 7) is 0. The molecule has 0 radical (unpaired) electrons. The Morgan fingerprint density at radius 3 is 2.33 bits per heavy atom. The fourth-order valence-electron chi connectivity index (χ4n) is 1.10. The minimum Gasteiger partial charge on any atom is -0.493 e. The molecular weight excluding hydrogens is 232 g/mol. The quantitative estimate of drug-likeness (QED) is 0.557. The second kappa shape index (κ2) is 5.09. The summed E-state index contributed by atoms with van der Waals surface area (Å²) in [6.07, 6.45) is 0. The number of hydrogen-bond acceptors (Lipinski definition) is 4. The lowest BCUT2D eigenvalue weighted by molar-refractivity contribution is 0.354. The summed E-state index contributed by atoms with van der Waals surface area (Å²) in [7, 11) is 3.12. The molecular formula is C9H12N2O2S2. The first-order valence-electron chi connectivity index (χ1n) is 4.10. The van der Waals surface area contributed by atoms with E-state index in [0.717, 1.165) is 0 Å². The molecule has 82 valence electrons. The molecule has 6 heteroatoms. The molecule has 0 saturated carbocycles. The first-order valence-corrected chi connectivity index (χ1v) is 4.95. The van der Waals surface area contributed by atoms with Crippen molar-refractivity contribution >= 4 is 35.6 Å². The van der Waals surface area contributed by atoms with Gasteiger partial charge in [-0.25, -0.2) is 0 Å². The van der Waals surface area contributed by atoms with Crippen LogP contribution < -0.4 is 20.5 Å². The van der Waals surface area contributed by atoms with Gasteiger partial charge in [-0.05, 0) is 18.3 Å². The monoisotopic (exact) mass is 244 g/mol. The van der Waals surface area contributed by atoms with Crippen LogP contribution in [-0.2, 0) is 0 Å². The summed E-state index contributed by atoms with van der Waals surface area (Å²) < 4.78 is 10.2. The van der Waals surface area contributed by atoms with Gasteiger partial charge in [-0.1, -0.05) is 0 Å². The molecule has 0 heterocycles. The van der Waals surface area contributed by atoms with Crippen LogP contribution in [0.5, 0.6) is 11.5 Å². The average molecular weight is 244 g/mol. The van der Waals surface area contributed by atoms with Crippen molar-refractivity contribution in [2.75, 3.05) is 19.5 Å². The van der Waals surface area contributed by atoms with Crippen molar-refractivity contribution < 1.29 is 9.47 Å². The third kappa shape index (κ3) is 2.90. The maximum Gasteiger partial charge on any atom is 0.168 e. The largest absolute Gasteiger partial charge is 0.493 e. The predicted octanol–water partition coefficient (Wildman–Crippen LogP) is 1.65. The molecule has 0 aliphatic heterocycles. The summed E-state index contributed by atoms with van der Waals surface area (Å²) in [6, 6.07) is 3.45. The first kappa shape index (κ1) is 11.9. The Morgan fingerprint density at radius 1 is 1.33 bits per heavy atom. The van der Waals surface area contributed by atoms with Crippen molar-refractivity contribution in [2.24, 2.45) is 5.73 Å². The number of thiol groups is 1. The van der Waals surface area contributed by atoms with E-state index in [1.165, 1.54) is 0 Å². The van der Waals surface area contributed by atoms with Crippen molar-refractivity contribution in [2.45, 2.75) is 4.90 Å². The van der Waals surface area contributed by atoms with E-state index < -0.39 is 0 Å². The summed E-state index contributed by atoms with van der Waals surface area (Å²) in [5.74, 6) is 1.20. The smallest absolute Gasteiger partial charge is 0.168 e. The van der Waals surface area contributed by atoms with Crippen molar-refractivity contribution in [3.8, 4) is 11.5 Å². The van der Waals surface area contributed by atoms with Gasteiger partial charge >= 0.3 is 0 Å². The minimum absolute atomic E-state index is 0.178. The number of methoxy groups -OCH3 is 2. The van der Waals surface area contributed by atoms with Gasteiger partial charge in [0.2, 0.25) is 0 Å². The molecule has 1 aromatic rings. The third-order valence-corrected chi connectivity index (χ3v) is 2.23. The van der Waals surface area contributed by atoms with Gasteiger partial charge in [-0.15, -0.1) is 12.6 Å². The highest BCUT2D eigenvalue weighted by Gasteiger charge is 2.08. The molecule has 3 N–H and O–H groups in total. The van der Waals surface area contributed by atoms with E-state index in [0.29, 0.717) is 22.1 Å². The second-order valence-corrected chi connectivity index (χ2v) is 3.64. The molecule has 0 atom stereocenters. The van der Waals surface area contributed by atoms with Crippen LogP contribution >= 0.6 is 24.8 Å². The molecule has 1 aromatic carbocycles. The zero-order valence-electron chi connectivity index (χ0n) is 8.40. The highest BCUT2D eigenvalue weighted by Crippen LogP contribution is 2.34. The minimum atomic E-state index is 0.178. The highest BCUT2D eigenvalue weighted by atomic mass is 32.1.